The number of para-hydroxylation sites is 1. The highest BCUT2D eigenvalue weighted by Gasteiger charge is 2.03. The van der Waals surface area contributed by atoms with Gasteiger partial charge in [0.05, 0.1) is 10.5 Å². The van der Waals surface area contributed by atoms with E-state index in [1.807, 2.05) is 42.5 Å². The lowest BCUT2D eigenvalue weighted by Gasteiger charge is -2.07. The minimum absolute atomic E-state index is 0.654. The summed E-state index contributed by atoms with van der Waals surface area (Å²) in [6, 6.07) is 13.7. The highest BCUT2D eigenvalue weighted by atomic mass is 35.5. The standard InChI is InChI=1S/C16H14ClN3/c1-2-11-8-9-18-15(10-11)19-14-7-6-12-4-3-5-13(17)16(12)20-14/h3-10H,2H2,1H3,(H,18,19,20). The highest BCUT2D eigenvalue weighted by molar-refractivity contribution is 6.35. The van der Waals surface area contributed by atoms with Gasteiger partial charge in [0.1, 0.15) is 11.6 Å². The lowest BCUT2D eigenvalue weighted by Crippen LogP contribution is -1.97. The van der Waals surface area contributed by atoms with Crippen LogP contribution in [-0.4, -0.2) is 9.97 Å². The predicted molar refractivity (Wildman–Crippen MR) is 83.7 cm³/mol. The number of anilines is 2. The number of pyridine rings is 2. The molecule has 3 nitrogen and oxygen atoms in total. The van der Waals surface area contributed by atoms with Crippen LogP contribution in [0, 0.1) is 0 Å². The average molecular weight is 284 g/mol. The van der Waals surface area contributed by atoms with E-state index in [-0.39, 0.29) is 0 Å². The molecule has 0 saturated carbocycles. The molecule has 0 bridgehead atoms. The van der Waals surface area contributed by atoms with E-state index >= 15 is 0 Å². The van der Waals surface area contributed by atoms with E-state index in [1.165, 1.54) is 5.56 Å². The number of hydrogen-bond acceptors (Lipinski definition) is 3. The molecule has 0 amide bonds. The van der Waals surface area contributed by atoms with Gasteiger partial charge >= 0.3 is 0 Å². The molecule has 0 saturated heterocycles. The molecule has 0 atom stereocenters. The van der Waals surface area contributed by atoms with Gasteiger partial charge < -0.3 is 5.32 Å². The Morgan fingerprint density at radius 1 is 1.10 bits per heavy atom. The first kappa shape index (κ1) is 12.9. The third-order valence-electron chi connectivity index (χ3n) is 3.16. The third-order valence-corrected chi connectivity index (χ3v) is 3.46. The van der Waals surface area contributed by atoms with Crippen LogP contribution in [0.1, 0.15) is 12.5 Å². The van der Waals surface area contributed by atoms with Crippen LogP contribution in [0.15, 0.2) is 48.7 Å². The smallest absolute Gasteiger partial charge is 0.132 e. The van der Waals surface area contributed by atoms with E-state index in [9.17, 15) is 0 Å². The van der Waals surface area contributed by atoms with Gasteiger partial charge in [0.25, 0.3) is 0 Å². The first-order chi connectivity index (χ1) is 9.76. The first-order valence-electron chi connectivity index (χ1n) is 6.53. The van der Waals surface area contributed by atoms with Crippen LogP contribution in [0.2, 0.25) is 5.02 Å². The van der Waals surface area contributed by atoms with Crippen LogP contribution in [-0.2, 0) is 6.42 Å². The maximum absolute atomic E-state index is 6.17. The fourth-order valence-electron chi connectivity index (χ4n) is 2.07. The van der Waals surface area contributed by atoms with E-state index in [1.54, 1.807) is 6.20 Å². The van der Waals surface area contributed by atoms with Crippen molar-refractivity contribution in [3.8, 4) is 0 Å². The maximum atomic E-state index is 6.17. The summed E-state index contributed by atoms with van der Waals surface area (Å²) < 4.78 is 0. The molecule has 100 valence electrons. The highest BCUT2D eigenvalue weighted by Crippen LogP contribution is 2.24. The van der Waals surface area contributed by atoms with Gasteiger partial charge in [-0.1, -0.05) is 30.7 Å². The summed E-state index contributed by atoms with van der Waals surface area (Å²) >= 11 is 6.17. The molecule has 20 heavy (non-hydrogen) atoms. The molecule has 0 fully saturated rings. The zero-order chi connectivity index (χ0) is 13.9. The number of fused-ring (bicyclic) bond motifs is 1. The molecule has 2 heterocycles. The molecule has 2 aromatic heterocycles. The van der Waals surface area contributed by atoms with Crippen LogP contribution in [0.4, 0.5) is 11.6 Å². The molecule has 1 N–H and O–H groups in total. The lowest BCUT2D eigenvalue weighted by atomic mass is 10.2. The Morgan fingerprint density at radius 3 is 2.85 bits per heavy atom. The molecule has 0 unspecified atom stereocenters. The summed E-state index contributed by atoms with van der Waals surface area (Å²) in [5, 5.41) is 4.90. The molecule has 0 aliphatic heterocycles. The molecule has 3 rings (SSSR count). The molecule has 1 aromatic carbocycles. The lowest BCUT2D eigenvalue weighted by molar-refractivity contribution is 1.12. The summed E-state index contributed by atoms with van der Waals surface area (Å²) in [6.07, 6.45) is 2.78. The van der Waals surface area contributed by atoms with E-state index in [2.05, 4.69) is 22.2 Å². The van der Waals surface area contributed by atoms with Crippen molar-refractivity contribution in [3.05, 3.63) is 59.2 Å². The Bertz CT molecular complexity index is 756. The van der Waals surface area contributed by atoms with Crippen molar-refractivity contribution in [1.82, 2.24) is 9.97 Å². The average Bonchev–Trinajstić information content (AvgIpc) is 2.48. The van der Waals surface area contributed by atoms with Gasteiger partial charge in [-0.2, -0.15) is 0 Å². The van der Waals surface area contributed by atoms with Crippen molar-refractivity contribution >= 4 is 34.1 Å². The van der Waals surface area contributed by atoms with Crippen molar-refractivity contribution in [2.45, 2.75) is 13.3 Å². The summed E-state index contributed by atoms with van der Waals surface area (Å²) in [4.78, 5) is 8.84. The number of aromatic nitrogens is 2. The summed E-state index contributed by atoms with van der Waals surface area (Å²) in [5.41, 5.74) is 2.03. The number of rotatable bonds is 3. The molecule has 0 aliphatic rings. The fourth-order valence-corrected chi connectivity index (χ4v) is 2.30. The van der Waals surface area contributed by atoms with E-state index in [0.717, 1.165) is 29.0 Å². The van der Waals surface area contributed by atoms with Gasteiger partial charge in [-0.3, -0.25) is 0 Å². The summed E-state index contributed by atoms with van der Waals surface area (Å²) in [5.74, 6) is 1.54. The SMILES string of the molecule is CCc1ccnc(Nc2ccc3cccc(Cl)c3n2)c1. The Kier molecular flexibility index (Phi) is 3.52. The Morgan fingerprint density at radius 2 is 2.00 bits per heavy atom. The van der Waals surface area contributed by atoms with Crippen LogP contribution >= 0.6 is 11.6 Å². The van der Waals surface area contributed by atoms with Gasteiger partial charge in [0.2, 0.25) is 0 Å². The second-order valence-corrected chi connectivity index (χ2v) is 4.94. The van der Waals surface area contributed by atoms with Crippen LogP contribution in [0.5, 0.6) is 0 Å². The molecular weight excluding hydrogens is 270 g/mol. The zero-order valence-electron chi connectivity index (χ0n) is 11.1. The Labute approximate surface area is 122 Å². The van der Waals surface area contributed by atoms with Gasteiger partial charge in [-0.25, -0.2) is 9.97 Å². The molecule has 0 spiro atoms. The van der Waals surface area contributed by atoms with Crippen molar-refractivity contribution in [2.75, 3.05) is 5.32 Å². The van der Waals surface area contributed by atoms with E-state index in [4.69, 9.17) is 11.6 Å². The molecule has 0 aliphatic carbocycles. The van der Waals surface area contributed by atoms with Crippen molar-refractivity contribution in [1.29, 1.82) is 0 Å². The number of hydrogen-bond donors (Lipinski definition) is 1. The molecular formula is C16H14ClN3. The Balaban J connectivity index is 1.96. The van der Waals surface area contributed by atoms with Crippen molar-refractivity contribution in [3.63, 3.8) is 0 Å². The Hall–Kier alpha value is -2.13. The number of nitrogens with one attached hydrogen (secondary N) is 1. The fraction of sp³-hybridized carbons (Fsp3) is 0.125. The first-order valence-corrected chi connectivity index (χ1v) is 6.91. The van der Waals surface area contributed by atoms with Gasteiger partial charge in [0, 0.05) is 11.6 Å². The van der Waals surface area contributed by atoms with Gasteiger partial charge in [-0.05, 0) is 42.3 Å². The summed E-state index contributed by atoms with van der Waals surface area (Å²) in [6.45, 7) is 2.12. The minimum Gasteiger partial charge on any atom is -0.325 e. The predicted octanol–water partition coefficient (Wildman–Crippen LogP) is 4.59. The number of aryl methyl sites for hydroxylation is 1. The van der Waals surface area contributed by atoms with Crippen LogP contribution in [0.25, 0.3) is 10.9 Å². The molecule has 0 radical (unpaired) electrons. The number of benzene rings is 1. The largest absolute Gasteiger partial charge is 0.325 e. The van der Waals surface area contributed by atoms with Gasteiger partial charge in [0.15, 0.2) is 0 Å². The maximum Gasteiger partial charge on any atom is 0.132 e. The summed E-state index contributed by atoms with van der Waals surface area (Å²) in [7, 11) is 0. The van der Waals surface area contributed by atoms with E-state index in [0.29, 0.717) is 5.02 Å². The number of nitrogens with zero attached hydrogens (tertiary/aromatic N) is 2. The third kappa shape index (κ3) is 2.58. The minimum atomic E-state index is 0.654. The van der Waals surface area contributed by atoms with E-state index < -0.39 is 0 Å². The zero-order valence-corrected chi connectivity index (χ0v) is 11.9. The van der Waals surface area contributed by atoms with Crippen molar-refractivity contribution in [2.24, 2.45) is 0 Å². The topological polar surface area (TPSA) is 37.8 Å². The molecule has 4 heteroatoms. The second-order valence-electron chi connectivity index (χ2n) is 4.54. The normalized spacial score (nSPS) is 10.7. The van der Waals surface area contributed by atoms with Gasteiger partial charge in [-0.15, -0.1) is 0 Å². The monoisotopic (exact) mass is 283 g/mol. The van der Waals surface area contributed by atoms with Crippen LogP contribution < -0.4 is 5.32 Å². The van der Waals surface area contributed by atoms with Crippen LogP contribution in [0.3, 0.4) is 0 Å². The quantitative estimate of drug-likeness (QED) is 0.764. The second kappa shape index (κ2) is 5.47. The van der Waals surface area contributed by atoms with Crippen molar-refractivity contribution < 1.29 is 0 Å². The number of halogens is 1. The molecule has 3 aromatic rings.